The van der Waals surface area contributed by atoms with Gasteiger partial charge < -0.3 is 25.9 Å². The molecule has 2 aliphatic heterocycles. The van der Waals surface area contributed by atoms with Gasteiger partial charge >= 0.3 is 0 Å². The number of likely N-dealkylation sites (tertiary alicyclic amines) is 1. The number of rotatable bonds is 3. The van der Waals surface area contributed by atoms with Crippen molar-refractivity contribution in [1.82, 2.24) is 10.2 Å². The van der Waals surface area contributed by atoms with Gasteiger partial charge in [0, 0.05) is 19.7 Å². The van der Waals surface area contributed by atoms with Gasteiger partial charge in [0.05, 0.1) is 12.0 Å². The van der Waals surface area contributed by atoms with Crippen LogP contribution >= 0.6 is 0 Å². The van der Waals surface area contributed by atoms with Gasteiger partial charge in [0.25, 0.3) is 0 Å². The van der Waals surface area contributed by atoms with Crippen LogP contribution in [0.15, 0.2) is 5.16 Å². The number of nitrogens with zero attached hydrogens (tertiary/aromatic N) is 2. The predicted molar refractivity (Wildman–Crippen MR) is 74.5 cm³/mol. The molecule has 2 heterocycles. The molecule has 0 spiro atoms. The molecule has 114 valence electrons. The topological polar surface area (TPSA) is 100 Å². The summed E-state index contributed by atoms with van der Waals surface area (Å²) in [6.45, 7) is 4.11. The lowest BCUT2D eigenvalue weighted by Gasteiger charge is -2.40. The summed E-state index contributed by atoms with van der Waals surface area (Å²) in [5.41, 5.74) is 5.11. The minimum atomic E-state index is -0.735. The van der Waals surface area contributed by atoms with Crippen LogP contribution < -0.4 is 11.1 Å². The van der Waals surface area contributed by atoms with Crippen LogP contribution in [0.25, 0.3) is 0 Å². The molecule has 20 heavy (non-hydrogen) atoms. The van der Waals surface area contributed by atoms with Gasteiger partial charge in [0.2, 0.25) is 5.91 Å². The molecular weight excluding hydrogens is 260 g/mol. The van der Waals surface area contributed by atoms with Crippen LogP contribution in [0.3, 0.4) is 0 Å². The molecule has 2 atom stereocenters. The number of carbonyl (C=O) groups is 1. The van der Waals surface area contributed by atoms with Crippen molar-refractivity contribution in [3.8, 4) is 0 Å². The molecule has 0 radical (unpaired) electrons. The van der Waals surface area contributed by atoms with Crippen LogP contribution in [0, 0.1) is 5.92 Å². The molecule has 7 heteroatoms. The van der Waals surface area contributed by atoms with E-state index in [0.29, 0.717) is 19.4 Å². The third-order valence-electron chi connectivity index (χ3n) is 4.51. The summed E-state index contributed by atoms with van der Waals surface area (Å²) < 4.78 is 5.43. The Hall–Kier alpha value is -1.34. The normalized spacial score (nSPS) is 31.2. The van der Waals surface area contributed by atoms with Crippen molar-refractivity contribution in [3.05, 3.63) is 0 Å². The molecule has 4 N–H and O–H groups in total. The van der Waals surface area contributed by atoms with Crippen LogP contribution in [0.1, 0.15) is 26.2 Å². The first-order valence-electron chi connectivity index (χ1n) is 7.09. The van der Waals surface area contributed by atoms with Crippen molar-refractivity contribution in [2.24, 2.45) is 16.8 Å². The predicted octanol–water partition coefficient (Wildman–Crippen LogP) is -0.262. The molecule has 2 saturated heterocycles. The van der Waals surface area contributed by atoms with Gasteiger partial charge in [0.1, 0.15) is 5.54 Å². The fourth-order valence-electron chi connectivity index (χ4n) is 2.95. The highest BCUT2D eigenvalue weighted by molar-refractivity contribution is 5.94. The summed E-state index contributed by atoms with van der Waals surface area (Å²) in [5.74, 6) is -0.130. The molecule has 0 saturated carbocycles. The van der Waals surface area contributed by atoms with E-state index in [9.17, 15) is 4.79 Å². The van der Waals surface area contributed by atoms with E-state index >= 15 is 0 Å². The molecule has 0 aromatic carbocycles. The summed E-state index contributed by atoms with van der Waals surface area (Å²) in [7, 11) is 2.02. The second-order valence-electron chi connectivity index (χ2n) is 5.83. The van der Waals surface area contributed by atoms with Gasteiger partial charge in [-0.3, -0.25) is 4.79 Å². The summed E-state index contributed by atoms with van der Waals surface area (Å²) in [6.07, 6.45) is 1.94. The molecule has 0 bridgehead atoms. The third-order valence-corrected chi connectivity index (χ3v) is 4.51. The molecule has 0 aromatic heterocycles. The Morgan fingerprint density at radius 1 is 1.50 bits per heavy atom. The Bertz CT molecular complexity index is 391. The average Bonchev–Trinajstić information content (AvgIpc) is 2.87. The SMILES string of the molecule is CC1OCCC1C(=O)NC1(C(N)=NO)CCN(C)CC1. The van der Waals surface area contributed by atoms with Crippen molar-refractivity contribution in [2.75, 3.05) is 26.7 Å². The maximum absolute atomic E-state index is 12.4. The number of hydrogen-bond acceptors (Lipinski definition) is 5. The van der Waals surface area contributed by atoms with Crippen LogP contribution in [0.2, 0.25) is 0 Å². The molecular formula is C13H24N4O3. The summed E-state index contributed by atoms with van der Waals surface area (Å²) in [6, 6.07) is 0. The zero-order valence-corrected chi connectivity index (χ0v) is 12.1. The van der Waals surface area contributed by atoms with E-state index in [2.05, 4.69) is 15.4 Å². The largest absolute Gasteiger partial charge is 0.409 e. The summed E-state index contributed by atoms with van der Waals surface area (Å²) in [5, 5.41) is 15.2. The minimum Gasteiger partial charge on any atom is -0.409 e. The number of carbonyl (C=O) groups excluding carboxylic acids is 1. The number of piperidine rings is 1. The van der Waals surface area contributed by atoms with Crippen molar-refractivity contribution in [1.29, 1.82) is 0 Å². The number of oxime groups is 1. The molecule has 1 amide bonds. The number of amidine groups is 1. The smallest absolute Gasteiger partial charge is 0.226 e. The molecule has 0 aliphatic carbocycles. The number of ether oxygens (including phenoxy) is 1. The van der Waals surface area contributed by atoms with E-state index in [1.54, 1.807) is 0 Å². The van der Waals surface area contributed by atoms with Crippen molar-refractivity contribution in [3.63, 3.8) is 0 Å². The quantitative estimate of drug-likeness (QED) is 0.287. The molecule has 2 aliphatic rings. The van der Waals surface area contributed by atoms with E-state index in [1.807, 2.05) is 14.0 Å². The first-order valence-corrected chi connectivity index (χ1v) is 7.09. The Kier molecular flexibility index (Phi) is 4.49. The fraction of sp³-hybridized carbons (Fsp3) is 0.846. The van der Waals surface area contributed by atoms with Crippen LogP contribution in [-0.2, 0) is 9.53 Å². The van der Waals surface area contributed by atoms with Crippen molar-refractivity contribution in [2.45, 2.75) is 37.8 Å². The maximum Gasteiger partial charge on any atom is 0.226 e. The summed E-state index contributed by atoms with van der Waals surface area (Å²) >= 11 is 0. The first-order chi connectivity index (χ1) is 9.48. The zero-order valence-electron chi connectivity index (χ0n) is 12.1. The third kappa shape index (κ3) is 2.88. The summed E-state index contributed by atoms with van der Waals surface area (Å²) in [4.78, 5) is 14.6. The van der Waals surface area contributed by atoms with Gasteiger partial charge in [-0.15, -0.1) is 0 Å². The molecule has 2 rings (SSSR count). The van der Waals surface area contributed by atoms with E-state index in [0.717, 1.165) is 19.5 Å². The highest BCUT2D eigenvalue weighted by Crippen LogP contribution is 2.26. The van der Waals surface area contributed by atoms with E-state index < -0.39 is 5.54 Å². The second-order valence-corrected chi connectivity index (χ2v) is 5.83. The monoisotopic (exact) mass is 284 g/mol. The van der Waals surface area contributed by atoms with Gasteiger partial charge in [-0.1, -0.05) is 5.16 Å². The molecule has 2 unspecified atom stereocenters. The Morgan fingerprint density at radius 2 is 2.15 bits per heavy atom. The number of nitrogens with two attached hydrogens (primary N) is 1. The van der Waals surface area contributed by atoms with Gasteiger partial charge in [-0.05, 0) is 33.2 Å². The number of nitrogens with one attached hydrogen (secondary N) is 1. The average molecular weight is 284 g/mol. The van der Waals surface area contributed by atoms with Crippen LogP contribution in [-0.4, -0.2) is 60.2 Å². The van der Waals surface area contributed by atoms with Gasteiger partial charge in [0.15, 0.2) is 5.84 Å². The van der Waals surface area contributed by atoms with Crippen molar-refractivity contribution >= 4 is 11.7 Å². The number of hydrogen-bond donors (Lipinski definition) is 3. The Morgan fingerprint density at radius 3 is 2.65 bits per heavy atom. The van der Waals surface area contributed by atoms with Crippen LogP contribution in [0.5, 0.6) is 0 Å². The van der Waals surface area contributed by atoms with Crippen LogP contribution in [0.4, 0.5) is 0 Å². The molecule has 7 nitrogen and oxygen atoms in total. The lowest BCUT2D eigenvalue weighted by atomic mass is 9.85. The van der Waals surface area contributed by atoms with E-state index in [1.165, 1.54) is 0 Å². The first kappa shape index (κ1) is 15.1. The van der Waals surface area contributed by atoms with Crippen molar-refractivity contribution < 1.29 is 14.7 Å². The number of amides is 1. The fourth-order valence-corrected chi connectivity index (χ4v) is 2.95. The Balaban J connectivity index is 2.10. The van der Waals surface area contributed by atoms with Gasteiger partial charge in [-0.2, -0.15) is 0 Å². The second kappa shape index (κ2) is 5.97. The lowest BCUT2D eigenvalue weighted by molar-refractivity contribution is -0.128. The highest BCUT2D eigenvalue weighted by atomic mass is 16.5. The lowest BCUT2D eigenvalue weighted by Crippen LogP contribution is -2.63. The standard InChI is InChI=1S/C13H24N4O3/c1-9-10(3-8-20-9)11(18)15-13(12(14)16-19)4-6-17(2)7-5-13/h9-10,19H,3-8H2,1-2H3,(H2,14,16)(H,15,18). The molecule has 0 aromatic rings. The van der Waals surface area contributed by atoms with E-state index in [4.69, 9.17) is 15.7 Å². The maximum atomic E-state index is 12.4. The zero-order chi connectivity index (χ0) is 14.8. The Labute approximate surface area is 119 Å². The van der Waals surface area contributed by atoms with Gasteiger partial charge in [-0.25, -0.2) is 0 Å². The molecule has 2 fully saturated rings. The van der Waals surface area contributed by atoms with E-state index in [-0.39, 0.29) is 23.8 Å². The minimum absolute atomic E-state index is 0.0637. The highest BCUT2D eigenvalue weighted by Gasteiger charge is 2.42.